The van der Waals surface area contributed by atoms with E-state index in [1.54, 1.807) is 0 Å². The van der Waals surface area contributed by atoms with Gasteiger partial charge in [-0.25, -0.2) is 9.18 Å². The van der Waals surface area contributed by atoms with Crippen molar-refractivity contribution in [2.45, 2.75) is 38.3 Å². The molecule has 0 aromatic carbocycles. The molecule has 1 N–H and O–H groups in total. The number of carbonyl (C=O) groups is 2. The van der Waals surface area contributed by atoms with Crippen LogP contribution in [0.25, 0.3) is 0 Å². The van der Waals surface area contributed by atoms with Crippen LogP contribution in [0.2, 0.25) is 0 Å². The minimum Gasteiger partial charge on any atom is -0.479 e. The van der Waals surface area contributed by atoms with Crippen molar-refractivity contribution in [3.8, 4) is 0 Å². The zero-order valence-electron chi connectivity index (χ0n) is 7.55. The van der Waals surface area contributed by atoms with Crippen molar-refractivity contribution in [1.29, 1.82) is 0 Å². The van der Waals surface area contributed by atoms with Gasteiger partial charge in [-0.05, 0) is 32.6 Å². The first kappa shape index (κ1) is 10.2. The van der Waals surface area contributed by atoms with E-state index in [1.807, 2.05) is 0 Å². The molecular weight excluding hydrogens is 175 g/mol. The van der Waals surface area contributed by atoms with E-state index in [0.717, 1.165) is 0 Å². The molecule has 4 heteroatoms. The fourth-order valence-electron chi connectivity index (χ4n) is 1.70. The zero-order valence-corrected chi connectivity index (χ0v) is 7.55. The SMILES string of the molecule is CC(=O)C1CCC(F)(C(=O)O)CC1. The van der Waals surface area contributed by atoms with Gasteiger partial charge >= 0.3 is 5.97 Å². The van der Waals surface area contributed by atoms with Crippen molar-refractivity contribution >= 4 is 11.8 Å². The van der Waals surface area contributed by atoms with Crippen molar-refractivity contribution in [3.05, 3.63) is 0 Å². The van der Waals surface area contributed by atoms with E-state index in [1.165, 1.54) is 6.92 Å². The summed E-state index contributed by atoms with van der Waals surface area (Å²) in [5.41, 5.74) is -2.09. The van der Waals surface area contributed by atoms with Crippen LogP contribution < -0.4 is 0 Å². The van der Waals surface area contributed by atoms with Crippen molar-refractivity contribution in [2.75, 3.05) is 0 Å². The summed E-state index contributed by atoms with van der Waals surface area (Å²) in [6, 6.07) is 0. The van der Waals surface area contributed by atoms with Gasteiger partial charge < -0.3 is 5.11 Å². The Morgan fingerprint density at radius 3 is 2.15 bits per heavy atom. The van der Waals surface area contributed by atoms with Gasteiger partial charge in [0.1, 0.15) is 5.78 Å². The van der Waals surface area contributed by atoms with Gasteiger partial charge in [-0.1, -0.05) is 0 Å². The lowest BCUT2D eigenvalue weighted by Gasteiger charge is -2.29. The van der Waals surface area contributed by atoms with E-state index in [2.05, 4.69) is 0 Å². The van der Waals surface area contributed by atoms with E-state index in [-0.39, 0.29) is 24.5 Å². The predicted molar refractivity (Wildman–Crippen MR) is 44.1 cm³/mol. The second-order valence-corrected chi connectivity index (χ2v) is 3.66. The zero-order chi connectivity index (χ0) is 10.1. The van der Waals surface area contributed by atoms with Crippen LogP contribution in [-0.2, 0) is 9.59 Å². The highest BCUT2D eigenvalue weighted by atomic mass is 19.1. The normalized spacial score (nSPS) is 34.2. The van der Waals surface area contributed by atoms with Crippen molar-refractivity contribution in [2.24, 2.45) is 5.92 Å². The van der Waals surface area contributed by atoms with Crippen LogP contribution in [0.15, 0.2) is 0 Å². The first-order valence-electron chi connectivity index (χ1n) is 4.38. The van der Waals surface area contributed by atoms with Crippen molar-refractivity contribution < 1.29 is 19.1 Å². The number of aliphatic carboxylic acids is 1. The molecule has 0 amide bonds. The van der Waals surface area contributed by atoms with Gasteiger partial charge in [0.15, 0.2) is 0 Å². The lowest BCUT2D eigenvalue weighted by molar-refractivity contribution is -0.154. The summed E-state index contributed by atoms with van der Waals surface area (Å²) >= 11 is 0. The molecule has 0 radical (unpaired) electrons. The van der Waals surface area contributed by atoms with Gasteiger partial charge in [-0.3, -0.25) is 4.79 Å². The summed E-state index contributed by atoms with van der Waals surface area (Å²) in [7, 11) is 0. The summed E-state index contributed by atoms with van der Waals surface area (Å²) in [4.78, 5) is 21.4. The number of carboxylic acids is 1. The molecule has 1 rings (SSSR count). The highest BCUT2D eigenvalue weighted by molar-refractivity contribution is 5.80. The summed E-state index contributed by atoms with van der Waals surface area (Å²) in [5.74, 6) is -1.50. The molecule has 1 aliphatic carbocycles. The minimum absolute atomic E-state index is 0.0347. The van der Waals surface area contributed by atoms with Crippen LogP contribution in [0.3, 0.4) is 0 Å². The highest BCUT2D eigenvalue weighted by Gasteiger charge is 2.42. The second kappa shape index (κ2) is 3.44. The monoisotopic (exact) mass is 188 g/mol. The third-order valence-electron chi connectivity index (χ3n) is 2.74. The molecule has 0 unspecified atom stereocenters. The Balaban J connectivity index is 2.56. The molecule has 74 valence electrons. The third-order valence-corrected chi connectivity index (χ3v) is 2.74. The number of carbonyl (C=O) groups excluding carboxylic acids is 1. The molecule has 1 aliphatic rings. The van der Waals surface area contributed by atoms with E-state index < -0.39 is 11.6 Å². The van der Waals surface area contributed by atoms with Gasteiger partial charge in [0, 0.05) is 5.92 Å². The van der Waals surface area contributed by atoms with Crippen molar-refractivity contribution in [3.63, 3.8) is 0 Å². The molecule has 0 saturated heterocycles. The maximum absolute atomic E-state index is 13.4. The molecule has 3 nitrogen and oxygen atoms in total. The van der Waals surface area contributed by atoms with Crippen LogP contribution in [0, 0.1) is 5.92 Å². The van der Waals surface area contributed by atoms with E-state index in [0.29, 0.717) is 12.8 Å². The Labute approximate surface area is 75.9 Å². The van der Waals surface area contributed by atoms with Gasteiger partial charge in [-0.15, -0.1) is 0 Å². The summed E-state index contributed by atoms with van der Waals surface area (Å²) in [6.07, 6.45) is 0.648. The Bertz CT molecular complexity index is 229. The van der Waals surface area contributed by atoms with E-state index >= 15 is 0 Å². The Hall–Kier alpha value is -0.930. The lowest BCUT2D eigenvalue weighted by atomic mass is 9.78. The number of Topliss-reactive ketones (excluding diaryl/α,β-unsaturated/α-hetero) is 1. The van der Waals surface area contributed by atoms with Gasteiger partial charge in [0.2, 0.25) is 5.67 Å². The number of ketones is 1. The predicted octanol–water partition coefficient (Wildman–Crippen LogP) is 1.56. The molecule has 1 saturated carbocycles. The summed E-state index contributed by atoms with van der Waals surface area (Å²) in [5, 5.41) is 8.56. The average molecular weight is 188 g/mol. The molecule has 0 aliphatic heterocycles. The van der Waals surface area contributed by atoms with Crippen LogP contribution in [-0.4, -0.2) is 22.5 Å². The summed E-state index contributed by atoms with van der Waals surface area (Å²) in [6.45, 7) is 1.47. The first-order chi connectivity index (χ1) is 5.96. The largest absolute Gasteiger partial charge is 0.479 e. The first-order valence-corrected chi connectivity index (χ1v) is 4.38. The number of halogens is 1. The molecule has 1 fully saturated rings. The van der Waals surface area contributed by atoms with Gasteiger partial charge in [-0.2, -0.15) is 0 Å². The molecule has 0 bridgehead atoms. The number of hydrogen-bond donors (Lipinski definition) is 1. The summed E-state index contributed by atoms with van der Waals surface area (Å²) < 4.78 is 13.4. The molecule has 0 aromatic rings. The van der Waals surface area contributed by atoms with Gasteiger partial charge in [0.25, 0.3) is 0 Å². The molecule has 0 spiro atoms. The van der Waals surface area contributed by atoms with Crippen molar-refractivity contribution in [1.82, 2.24) is 0 Å². The Kier molecular flexibility index (Phi) is 2.68. The molecular formula is C9H13FO3. The fourth-order valence-corrected chi connectivity index (χ4v) is 1.70. The fraction of sp³-hybridized carbons (Fsp3) is 0.778. The molecule has 0 atom stereocenters. The van der Waals surface area contributed by atoms with E-state index in [4.69, 9.17) is 5.11 Å². The molecule has 0 aromatic heterocycles. The maximum atomic E-state index is 13.4. The smallest absolute Gasteiger partial charge is 0.341 e. The molecule has 13 heavy (non-hydrogen) atoms. The average Bonchev–Trinajstić information content (AvgIpc) is 2.04. The van der Waals surface area contributed by atoms with Crippen LogP contribution in [0.4, 0.5) is 4.39 Å². The topological polar surface area (TPSA) is 54.4 Å². The maximum Gasteiger partial charge on any atom is 0.341 e. The standard InChI is InChI=1S/C9H13FO3/c1-6(11)7-2-4-9(10,5-3-7)8(12)13/h7H,2-5H2,1H3,(H,12,13). The lowest BCUT2D eigenvalue weighted by Crippen LogP contribution is -2.38. The number of alkyl halides is 1. The highest BCUT2D eigenvalue weighted by Crippen LogP contribution is 2.35. The Morgan fingerprint density at radius 2 is 1.85 bits per heavy atom. The minimum atomic E-state index is -2.09. The number of rotatable bonds is 2. The van der Waals surface area contributed by atoms with Gasteiger partial charge in [0.05, 0.1) is 0 Å². The third kappa shape index (κ3) is 2.05. The van der Waals surface area contributed by atoms with Crippen LogP contribution >= 0.6 is 0 Å². The molecule has 0 heterocycles. The van der Waals surface area contributed by atoms with E-state index in [9.17, 15) is 14.0 Å². The second-order valence-electron chi connectivity index (χ2n) is 3.66. The quantitative estimate of drug-likeness (QED) is 0.715. The number of hydrogen-bond acceptors (Lipinski definition) is 2. The van der Waals surface area contributed by atoms with Crippen LogP contribution in [0.1, 0.15) is 32.6 Å². The Morgan fingerprint density at radius 1 is 1.38 bits per heavy atom. The number of carboxylic acid groups (broad SMARTS) is 1. The van der Waals surface area contributed by atoms with Crippen LogP contribution in [0.5, 0.6) is 0 Å².